The molecule has 0 saturated heterocycles. The third-order valence-electron chi connectivity index (χ3n) is 8.01. The molecule has 1 heterocycles. The molecular weight excluding hydrogens is 665 g/mol. The van der Waals surface area contributed by atoms with E-state index in [2.05, 4.69) is 5.32 Å². The number of aromatic nitrogens is 1. The van der Waals surface area contributed by atoms with Gasteiger partial charge < -0.3 is 29.9 Å². The summed E-state index contributed by atoms with van der Waals surface area (Å²) >= 11 is 0. The van der Waals surface area contributed by atoms with Gasteiger partial charge in [-0.25, -0.2) is 8.78 Å². The van der Waals surface area contributed by atoms with Crippen molar-refractivity contribution in [1.82, 2.24) is 4.57 Å². The number of aliphatic hydroxyl groups is 2. The Bertz CT molecular complexity index is 1960. The van der Waals surface area contributed by atoms with Crippen LogP contribution in [0.3, 0.4) is 0 Å². The van der Waals surface area contributed by atoms with Crippen molar-refractivity contribution in [3.63, 3.8) is 0 Å². The van der Waals surface area contributed by atoms with E-state index in [0.717, 1.165) is 5.56 Å². The van der Waals surface area contributed by atoms with Gasteiger partial charge in [0.1, 0.15) is 29.7 Å². The zero-order chi connectivity index (χ0) is 35.8. The van der Waals surface area contributed by atoms with E-state index in [4.69, 9.17) is 9.84 Å². The number of para-hydroxylation sites is 2. The summed E-state index contributed by atoms with van der Waals surface area (Å²) in [4.78, 5) is 25.7. The number of nitrogens with one attached hydrogen (secondary N) is 1. The number of carboxylic acid groups (broad SMARTS) is 1. The average Bonchev–Trinajstić information content (AvgIpc) is 3.43. The van der Waals surface area contributed by atoms with Gasteiger partial charge in [-0.15, -0.1) is 0 Å². The number of hydrogen-bond acceptors (Lipinski definition) is 5. The van der Waals surface area contributed by atoms with Gasteiger partial charge in [0.2, 0.25) is 0 Å². The van der Waals surface area contributed by atoms with Crippen molar-refractivity contribution < 1.29 is 38.4 Å². The third kappa shape index (κ3) is 10.0. The molecular formula is C40H39F2N2NaO6. The van der Waals surface area contributed by atoms with Crippen LogP contribution in [0.5, 0.6) is 5.75 Å². The first kappa shape index (κ1) is 39.2. The monoisotopic (exact) mass is 704 g/mol. The van der Waals surface area contributed by atoms with E-state index in [0.29, 0.717) is 39.4 Å². The molecule has 0 bridgehead atoms. The third-order valence-corrected chi connectivity index (χ3v) is 8.01. The topological polar surface area (TPSA) is 121 Å². The van der Waals surface area contributed by atoms with Crippen molar-refractivity contribution in [3.8, 4) is 28.0 Å². The maximum atomic E-state index is 14.6. The number of anilines is 1. The fourth-order valence-electron chi connectivity index (χ4n) is 5.79. The van der Waals surface area contributed by atoms with E-state index in [-0.39, 0.29) is 54.3 Å². The molecule has 0 fully saturated rings. The van der Waals surface area contributed by atoms with Crippen molar-refractivity contribution in [3.05, 3.63) is 138 Å². The van der Waals surface area contributed by atoms with Crippen LogP contribution in [-0.4, -0.2) is 73.5 Å². The summed E-state index contributed by atoms with van der Waals surface area (Å²) < 4.78 is 36.3. The number of carbonyl (C=O) groups excluding carboxylic acids is 1. The SMILES string of the molecule is CC(C)n1c(C=C[C@@H](O)C[C@@H](O)CC(=O)O)c(-c2ccc(F)cc2)c(-c2ccc(F)cc2)c1C(=O)Nc1ccccc1OCc1ccccc1.[NaH]. The molecule has 0 saturated carbocycles. The van der Waals surface area contributed by atoms with Gasteiger partial charge in [-0.1, -0.05) is 72.8 Å². The number of aliphatic carboxylic acids is 1. The number of carbonyl (C=O) groups is 2. The Morgan fingerprint density at radius 3 is 1.98 bits per heavy atom. The number of benzene rings is 4. The molecule has 1 amide bonds. The fraction of sp³-hybridized carbons (Fsp3) is 0.200. The van der Waals surface area contributed by atoms with Crippen LogP contribution in [0.1, 0.15) is 54.5 Å². The molecule has 1 aromatic heterocycles. The summed E-state index contributed by atoms with van der Waals surface area (Å²) in [6, 6.07) is 27.7. The van der Waals surface area contributed by atoms with Crippen LogP contribution in [-0.2, 0) is 11.4 Å². The first-order chi connectivity index (χ1) is 24.0. The van der Waals surface area contributed by atoms with Gasteiger partial charge in [0, 0.05) is 29.3 Å². The van der Waals surface area contributed by atoms with Crippen LogP contribution in [0.4, 0.5) is 14.5 Å². The Labute approximate surface area is 317 Å². The van der Waals surface area contributed by atoms with Crippen LogP contribution in [0.25, 0.3) is 28.3 Å². The van der Waals surface area contributed by atoms with Crippen molar-refractivity contribution in [2.75, 3.05) is 5.32 Å². The molecule has 8 nitrogen and oxygen atoms in total. The molecule has 51 heavy (non-hydrogen) atoms. The van der Waals surface area contributed by atoms with Gasteiger partial charge in [-0.2, -0.15) is 0 Å². The first-order valence-electron chi connectivity index (χ1n) is 16.1. The van der Waals surface area contributed by atoms with Gasteiger partial charge in [0.25, 0.3) is 5.91 Å². The summed E-state index contributed by atoms with van der Waals surface area (Å²) in [5.74, 6) is -2.20. The summed E-state index contributed by atoms with van der Waals surface area (Å²) in [6.07, 6.45) is -0.298. The summed E-state index contributed by atoms with van der Waals surface area (Å²) in [6.45, 7) is 4.02. The second-order valence-electron chi connectivity index (χ2n) is 12.1. The van der Waals surface area contributed by atoms with Crippen molar-refractivity contribution >= 4 is 53.2 Å². The van der Waals surface area contributed by atoms with Crippen molar-refractivity contribution in [2.24, 2.45) is 0 Å². The molecule has 2 atom stereocenters. The Balaban J connectivity index is 0.00000583. The predicted octanol–water partition coefficient (Wildman–Crippen LogP) is 7.46. The Kier molecular flexibility index (Phi) is 13.9. The normalized spacial score (nSPS) is 12.4. The van der Waals surface area contributed by atoms with E-state index in [1.54, 1.807) is 59.2 Å². The van der Waals surface area contributed by atoms with Crippen LogP contribution in [0.15, 0.2) is 109 Å². The van der Waals surface area contributed by atoms with E-state index >= 15 is 0 Å². The van der Waals surface area contributed by atoms with Crippen LogP contribution in [0, 0.1) is 11.6 Å². The molecule has 4 aromatic carbocycles. The molecule has 0 aliphatic rings. The number of rotatable bonds is 14. The second kappa shape index (κ2) is 18.1. The second-order valence-corrected chi connectivity index (χ2v) is 12.1. The molecule has 11 heteroatoms. The molecule has 5 rings (SSSR count). The van der Waals surface area contributed by atoms with Gasteiger partial charge in [0.15, 0.2) is 0 Å². The minimum atomic E-state index is -1.29. The van der Waals surface area contributed by atoms with Gasteiger partial charge >= 0.3 is 35.5 Å². The fourth-order valence-corrected chi connectivity index (χ4v) is 5.79. The van der Waals surface area contributed by atoms with E-state index in [9.17, 15) is 28.6 Å². The quantitative estimate of drug-likeness (QED) is 0.0891. The molecule has 0 aliphatic carbocycles. The standard InChI is InChI=1S/C40H38F2N2O6.Na.H/c1-25(2)44-34(21-20-31(45)22-32(46)23-36(47)48)37(27-12-16-29(41)17-13-27)38(28-14-18-30(42)19-15-28)39(44)40(49)43-33-10-6-7-11-35(33)50-24-26-8-4-3-5-9-26;;/h3-21,25,31-32,45-46H,22-24H2,1-2H3,(H,43,49)(H,47,48);;/t31-,32-;;/m1../s1. The molecule has 4 N–H and O–H groups in total. The van der Waals surface area contributed by atoms with Gasteiger partial charge in [-0.05, 0) is 73.0 Å². The van der Waals surface area contributed by atoms with Gasteiger partial charge in [0.05, 0.1) is 24.3 Å². The zero-order valence-electron chi connectivity index (χ0n) is 27.6. The Morgan fingerprint density at radius 1 is 0.824 bits per heavy atom. The first-order valence-corrected chi connectivity index (χ1v) is 16.1. The molecule has 260 valence electrons. The zero-order valence-corrected chi connectivity index (χ0v) is 27.6. The van der Waals surface area contributed by atoms with Crippen molar-refractivity contribution in [2.45, 2.75) is 51.5 Å². The number of halogens is 2. The summed E-state index contributed by atoms with van der Waals surface area (Å²) in [5, 5.41) is 33.0. The van der Waals surface area contributed by atoms with Crippen molar-refractivity contribution in [1.29, 1.82) is 0 Å². The number of carboxylic acids is 1. The van der Waals surface area contributed by atoms with E-state index in [1.165, 1.54) is 30.3 Å². The maximum absolute atomic E-state index is 14.6. The number of nitrogens with zero attached hydrogens (tertiary/aromatic N) is 1. The molecule has 0 spiro atoms. The number of ether oxygens (including phenoxy) is 1. The van der Waals surface area contributed by atoms with E-state index < -0.39 is 42.1 Å². The van der Waals surface area contributed by atoms with Crippen LogP contribution < -0.4 is 10.1 Å². The Hall–Kier alpha value is -4.58. The summed E-state index contributed by atoms with van der Waals surface area (Å²) in [5.41, 5.74) is 4.04. The summed E-state index contributed by atoms with van der Waals surface area (Å²) in [7, 11) is 0. The number of hydrogen-bond donors (Lipinski definition) is 4. The molecule has 0 unspecified atom stereocenters. The van der Waals surface area contributed by atoms with E-state index in [1.807, 2.05) is 44.2 Å². The number of aliphatic hydroxyl groups excluding tert-OH is 2. The predicted molar refractivity (Wildman–Crippen MR) is 196 cm³/mol. The average molecular weight is 705 g/mol. The molecule has 0 aliphatic heterocycles. The molecule has 0 radical (unpaired) electrons. The van der Waals surface area contributed by atoms with Crippen LogP contribution in [0.2, 0.25) is 0 Å². The van der Waals surface area contributed by atoms with Crippen LogP contribution >= 0.6 is 0 Å². The minimum absolute atomic E-state index is 0. The number of amides is 1. The Morgan fingerprint density at radius 2 is 1.39 bits per heavy atom. The molecule has 5 aromatic rings. The van der Waals surface area contributed by atoms with Gasteiger partial charge in [-0.3, -0.25) is 9.59 Å².